The maximum absolute atomic E-state index is 4.06. The molecule has 1 aromatic rings. The molecular formula is C8H7N3S. The second kappa shape index (κ2) is 3.32. The van der Waals surface area contributed by atoms with Crippen LogP contribution in [0.25, 0.3) is 0 Å². The Morgan fingerprint density at radius 2 is 2.42 bits per heavy atom. The fraction of sp³-hybridized carbons (Fsp3) is 0. The van der Waals surface area contributed by atoms with Crippen molar-refractivity contribution < 1.29 is 0 Å². The Labute approximate surface area is 74.1 Å². The highest BCUT2D eigenvalue weighted by Gasteiger charge is 2.00. The van der Waals surface area contributed by atoms with Gasteiger partial charge >= 0.3 is 0 Å². The first kappa shape index (κ1) is 7.24. The average Bonchev–Trinajstić information content (AvgIpc) is 2.48. The van der Waals surface area contributed by atoms with Crippen LogP contribution in [0.5, 0.6) is 0 Å². The second-order valence-corrected chi connectivity index (χ2v) is 3.16. The average molecular weight is 177 g/mol. The van der Waals surface area contributed by atoms with Crippen LogP contribution in [-0.2, 0) is 0 Å². The smallest absolute Gasteiger partial charge is 0.102 e. The Kier molecular flexibility index (Phi) is 2.00. The van der Waals surface area contributed by atoms with Crippen molar-refractivity contribution in [1.82, 2.24) is 5.53 Å². The van der Waals surface area contributed by atoms with E-state index >= 15 is 0 Å². The largest absolute Gasteiger partial charge is 0.197 e. The highest BCUT2D eigenvalue weighted by Crippen LogP contribution is 2.10. The lowest BCUT2D eigenvalue weighted by molar-refractivity contribution is 0.817. The van der Waals surface area contributed by atoms with Crippen LogP contribution in [0.3, 0.4) is 0 Å². The quantitative estimate of drug-likeness (QED) is 0.695. The number of allylic oxidation sites excluding steroid dienone is 2. The van der Waals surface area contributed by atoms with E-state index in [9.17, 15) is 0 Å². The summed E-state index contributed by atoms with van der Waals surface area (Å²) in [7, 11) is 0. The molecule has 0 amide bonds. The summed E-state index contributed by atoms with van der Waals surface area (Å²) < 4.78 is 0. The van der Waals surface area contributed by atoms with Gasteiger partial charge in [-0.25, -0.2) is 0 Å². The van der Waals surface area contributed by atoms with Gasteiger partial charge in [0, 0.05) is 6.21 Å². The second-order valence-electron chi connectivity index (χ2n) is 2.21. The van der Waals surface area contributed by atoms with E-state index < -0.39 is 0 Å². The zero-order valence-corrected chi connectivity index (χ0v) is 7.08. The van der Waals surface area contributed by atoms with E-state index in [1.807, 2.05) is 29.7 Å². The lowest BCUT2D eigenvalue weighted by Gasteiger charge is -1.93. The summed E-state index contributed by atoms with van der Waals surface area (Å²) in [6.07, 6.45) is 5.46. The molecule has 0 spiro atoms. The molecule has 0 saturated carbocycles. The minimum Gasteiger partial charge on any atom is -0.197 e. The van der Waals surface area contributed by atoms with Gasteiger partial charge in [-0.3, -0.25) is 0 Å². The van der Waals surface area contributed by atoms with Crippen LogP contribution in [-0.4, -0.2) is 11.9 Å². The third kappa shape index (κ3) is 1.43. The Hall–Kier alpha value is -1.42. The van der Waals surface area contributed by atoms with Crippen molar-refractivity contribution in [1.29, 1.82) is 0 Å². The van der Waals surface area contributed by atoms with Gasteiger partial charge in [-0.1, -0.05) is 6.07 Å². The molecule has 0 radical (unpaired) electrons. The molecule has 0 aromatic carbocycles. The van der Waals surface area contributed by atoms with Crippen molar-refractivity contribution in [2.45, 2.75) is 0 Å². The molecule has 0 unspecified atom stereocenters. The predicted octanol–water partition coefficient (Wildman–Crippen LogP) is 1.60. The molecule has 0 aliphatic carbocycles. The number of rotatable bonds is 1. The zero-order chi connectivity index (χ0) is 8.23. The summed E-state index contributed by atoms with van der Waals surface area (Å²) in [5.41, 5.74) is 3.51. The predicted molar refractivity (Wildman–Crippen MR) is 51.6 cm³/mol. The highest BCUT2D eigenvalue weighted by molar-refractivity contribution is 7.12. The van der Waals surface area contributed by atoms with E-state index in [2.05, 4.69) is 15.7 Å². The molecular weight excluding hydrogens is 170 g/mol. The number of hydrogen-bond donors (Lipinski definition) is 1. The highest BCUT2D eigenvalue weighted by atomic mass is 32.1. The van der Waals surface area contributed by atoms with Crippen molar-refractivity contribution in [2.24, 2.45) is 10.2 Å². The van der Waals surface area contributed by atoms with Crippen molar-refractivity contribution in [3.63, 3.8) is 0 Å². The van der Waals surface area contributed by atoms with Gasteiger partial charge in [0.25, 0.3) is 0 Å². The van der Waals surface area contributed by atoms with Crippen LogP contribution in [0.15, 0.2) is 39.9 Å². The molecule has 0 atom stereocenters. The van der Waals surface area contributed by atoms with E-state index in [4.69, 9.17) is 0 Å². The van der Waals surface area contributed by atoms with Gasteiger partial charge in [0.2, 0.25) is 0 Å². The molecule has 1 aliphatic rings. The SMILES string of the molecule is C1=CC(c2cccs2)=NNN=C1. The number of nitrogens with one attached hydrogen (secondary N) is 1. The summed E-state index contributed by atoms with van der Waals surface area (Å²) in [5.74, 6) is 0. The first-order valence-corrected chi connectivity index (χ1v) is 4.41. The van der Waals surface area contributed by atoms with Gasteiger partial charge in [-0.15, -0.1) is 11.3 Å². The van der Waals surface area contributed by atoms with Gasteiger partial charge in [-0.05, 0) is 23.6 Å². The Morgan fingerprint density at radius 1 is 1.42 bits per heavy atom. The Balaban J connectivity index is 2.30. The molecule has 2 heterocycles. The van der Waals surface area contributed by atoms with E-state index in [1.54, 1.807) is 17.6 Å². The van der Waals surface area contributed by atoms with Crippen molar-refractivity contribution in [2.75, 3.05) is 0 Å². The molecule has 12 heavy (non-hydrogen) atoms. The summed E-state index contributed by atoms with van der Waals surface area (Å²) in [4.78, 5) is 1.14. The lowest BCUT2D eigenvalue weighted by Crippen LogP contribution is -2.00. The topological polar surface area (TPSA) is 36.8 Å². The van der Waals surface area contributed by atoms with E-state index in [0.29, 0.717) is 0 Å². The zero-order valence-electron chi connectivity index (χ0n) is 6.27. The van der Waals surface area contributed by atoms with Crippen molar-refractivity contribution in [3.05, 3.63) is 34.5 Å². The van der Waals surface area contributed by atoms with Crippen LogP contribution in [0.2, 0.25) is 0 Å². The van der Waals surface area contributed by atoms with Gasteiger partial charge in [0.1, 0.15) is 5.71 Å². The maximum Gasteiger partial charge on any atom is 0.102 e. The Morgan fingerprint density at radius 3 is 3.25 bits per heavy atom. The lowest BCUT2D eigenvalue weighted by atomic mass is 10.3. The first-order chi connectivity index (χ1) is 5.97. The molecule has 0 bridgehead atoms. The first-order valence-electron chi connectivity index (χ1n) is 3.53. The van der Waals surface area contributed by atoms with Crippen molar-refractivity contribution >= 4 is 23.3 Å². The molecule has 1 aliphatic heterocycles. The van der Waals surface area contributed by atoms with Crippen LogP contribution in [0.1, 0.15) is 4.88 Å². The fourth-order valence-corrected chi connectivity index (χ4v) is 1.59. The standard InChI is InChI=1S/C8H7N3S/c1-3-7(10-11-9-5-1)8-4-2-6-12-8/h1-6,11H. The van der Waals surface area contributed by atoms with E-state index in [-0.39, 0.29) is 0 Å². The number of nitrogens with zero attached hydrogens (tertiary/aromatic N) is 2. The normalized spacial score (nSPS) is 15.2. The molecule has 4 heteroatoms. The molecule has 3 nitrogen and oxygen atoms in total. The van der Waals surface area contributed by atoms with Gasteiger partial charge in [-0.2, -0.15) is 15.7 Å². The third-order valence-electron chi connectivity index (χ3n) is 1.42. The number of hydrogen-bond acceptors (Lipinski definition) is 4. The van der Waals surface area contributed by atoms with E-state index in [1.165, 1.54) is 0 Å². The molecule has 2 rings (SSSR count). The summed E-state index contributed by atoms with van der Waals surface area (Å²) >= 11 is 1.66. The Bertz CT molecular complexity index is 335. The minimum atomic E-state index is 0.919. The number of hydrazone groups is 2. The van der Waals surface area contributed by atoms with Gasteiger partial charge in [0.05, 0.1) is 4.88 Å². The maximum atomic E-state index is 4.06. The fourth-order valence-electron chi connectivity index (χ4n) is 0.892. The van der Waals surface area contributed by atoms with Crippen LogP contribution in [0, 0.1) is 0 Å². The van der Waals surface area contributed by atoms with E-state index in [0.717, 1.165) is 10.6 Å². The van der Waals surface area contributed by atoms with Crippen LogP contribution in [0.4, 0.5) is 0 Å². The molecule has 1 N–H and O–H groups in total. The monoisotopic (exact) mass is 177 g/mol. The summed E-state index contributed by atoms with van der Waals surface area (Å²) in [6.45, 7) is 0. The molecule has 0 saturated heterocycles. The van der Waals surface area contributed by atoms with Gasteiger partial charge < -0.3 is 0 Å². The minimum absolute atomic E-state index is 0.919. The van der Waals surface area contributed by atoms with Crippen molar-refractivity contribution in [3.8, 4) is 0 Å². The summed E-state index contributed by atoms with van der Waals surface area (Å²) in [6, 6.07) is 4.03. The third-order valence-corrected chi connectivity index (χ3v) is 2.31. The molecule has 1 aromatic heterocycles. The van der Waals surface area contributed by atoms with Crippen LogP contribution < -0.4 is 5.53 Å². The molecule has 60 valence electrons. The van der Waals surface area contributed by atoms with Crippen LogP contribution >= 0.6 is 11.3 Å². The summed E-state index contributed by atoms with van der Waals surface area (Å²) in [5, 5.41) is 9.87. The number of thiophene rings is 1. The molecule has 0 fully saturated rings. The van der Waals surface area contributed by atoms with Gasteiger partial charge in [0.15, 0.2) is 0 Å².